The number of aliphatic carboxylic acids is 1. The third-order valence-electron chi connectivity index (χ3n) is 9.45. The number of rotatable bonds is 31. The van der Waals surface area contributed by atoms with Crippen LogP contribution in [0.2, 0.25) is 0 Å². The summed E-state index contributed by atoms with van der Waals surface area (Å²) in [4.78, 5) is 12.3. The Hall–Kier alpha value is -0.570. The summed E-state index contributed by atoms with van der Waals surface area (Å²) in [6.07, 6.45) is 37.6. The SMILES string of the molecule is CCCCCCCCCCCCCCCC(C)C(CC)(CCCCCCCCCCCCCCC)C(=O)[O-].[NH4+]. The van der Waals surface area contributed by atoms with Crippen LogP contribution in [0.5, 0.6) is 0 Å². The topological polar surface area (TPSA) is 76.6 Å². The Morgan fingerprint density at radius 2 is 0.795 bits per heavy atom. The number of hydrogen-bond acceptors (Lipinski definition) is 2. The van der Waals surface area contributed by atoms with Crippen LogP contribution in [0.15, 0.2) is 0 Å². The molecule has 0 fully saturated rings. The minimum atomic E-state index is -0.791. The van der Waals surface area contributed by atoms with Crippen molar-refractivity contribution in [1.29, 1.82) is 0 Å². The van der Waals surface area contributed by atoms with E-state index >= 15 is 0 Å². The van der Waals surface area contributed by atoms with Gasteiger partial charge in [0.15, 0.2) is 0 Å². The van der Waals surface area contributed by atoms with Crippen LogP contribution in [0, 0.1) is 11.3 Å². The minimum absolute atomic E-state index is 0. The van der Waals surface area contributed by atoms with Gasteiger partial charge in [-0.2, -0.15) is 0 Å². The lowest BCUT2D eigenvalue weighted by molar-refractivity contribution is -0.323. The van der Waals surface area contributed by atoms with Crippen LogP contribution in [0.1, 0.15) is 214 Å². The largest absolute Gasteiger partial charge is 0.550 e. The summed E-state index contributed by atoms with van der Waals surface area (Å²) in [5.74, 6) is -0.566. The second kappa shape index (κ2) is 30.4. The molecule has 0 bridgehead atoms. The first kappa shape index (κ1) is 40.6. The van der Waals surface area contributed by atoms with E-state index in [2.05, 4.69) is 27.7 Å². The molecule has 0 spiro atoms. The normalized spacial score (nSPS) is 13.6. The molecule has 3 heteroatoms. The molecule has 0 aromatic carbocycles. The van der Waals surface area contributed by atoms with Crippen molar-refractivity contribution in [3.63, 3.8) is 0 Å². The van der Waals surface area contributed by atoms with Crippen LogP contribution in [0.25, 0.3) is 0 Å². The minimum Gasteiger partial charge on any atom is -0.550 e. The number of unbranched alkanes of at least 4 members (excludes halogenated alkanes) is 24. The molecule has 236 valence electrons. The number of carboxylic acids is 1. The Balaban J connectivity index is 0. The molecule has 0 amide bonds. The molecule has 2 atom stereocenters. The molecule has 39 heavy (non-hydrogen) atoms. The number of carbonyl (C=O) groups excluding carboxylic acids is 1. The maximum absolute atomic E-state index is 12.3. The van der Waals surface area contributed by atoms with E-state index in [-0.39, 0.29) is 12.1 Å². The standard InChI is InChI=1S/C36H72O2.H3N/c1-5-8-10-12-14-16-18-20-22-24-26-28-30-32-34(4)36(7-3,35(37)38)33-31-29-27-25-23-21-19-17-15-13-11-9-6-2;/h34H,5-33H2,1-4H3,(H,37,38);1H3. The van der Waals surface area contributed by atoms with Crippen molar-refractivity contribution in [2.75, 3.05) is 0 Å². The predicted molar refractivity (Wildman–Crippen MR) is 174 cm³/mol. The molecule has 4 N–H and O–H groups in total. The van der Waals surface area contributed by atoms with Crippen molar-refractivity contribution in [1.82, 2.24) is 6.15 Å². The molecule has 0 saturated heterocycles. The van der Waals surface area contributed by atoms with E-state index in [1.54, 1.807) is 0 Å². The van der Waals surface area contributed by atoms with E-state index in [0.29, 0.717) is 6.42 Å². The monoisotopic (exact) mass is 554 g/mol. The van der Waals surface area contributed by atoms with Gasteiger partial charge in [0.2, 0.25) is 0 Å². The van der Waals surface area contributed by atoms with E-state index in [1.807, 2.05) is 0 Å². The third-order valence-corrected chi connectivity index (χ3v) is 9.45. The summed E-state index contributed by atoms with van der Waals surface area (Å²) >= 11 is 0. The summed E-state index contributed by atoms with van der Waals surface area (Å²) in [7, 11) is 0. The van der Waals surface area contributed by atoms with Crippen LogP contribution < -0.4 is 11.3 Å². The van der Waals surface area contributed by atoms with Gasteiger partial charge in [-0.3, -0.25) is 0 Å². The Labute approximate surface area is 247 Å². The van der Waals surface area contributed by atoms with E-state index < -0.39 is 11.4 Å². The van der Waals surface area contributed by atoms with Gasteiger partial charge in [0, 0.05) is 11.4 Å². The second-order valence-electron chi connectivity index (χ2n) is 12.7. The third kappa shape index (κ3) is 22.8. The molecule has 0 rings (SSSR count). The van der Waals surface area contributed by atoms with Gasteiger partial charge >= 0.3 is 0 Å². The van der Waals surface area contributed by atoms with Gasteiger partial charge in [0.25, 0.3) is 0 Å². The molecular weight excluding hydrogens is 478 g/mol. The Bertz CT molecular complexity index is 494. The van der Waals surface area contributed by atoms with E-state index in [0.717, 1.165) is 19.3 Å². The van der Waals surface area contributed by atoms with Crippen molar-refractivity contribution >= 4 is 5.97 Å². The molecule has 0 radical (unpaired) electrons. The highest BCUT2D eigenvalue weighted by atomic mass is 16.4. The molecule has 0 aromatic rings. The van der Waals surface area contributed by atoms with Crippen molar-refractivity contribution in [3.05, 3.63) is 0 Å². The Kier molecular flexibility index (Phi) is 31.6. The van der Waals surface area contributed by atoms with Crippen LogP contribution in [0.3, 0.4) is 0 Å². The van der Waals surface area contributed by atoms with Crippen LogP contribution in [-0.2, 0) is 4.79 Å². The lowest BCUT2D eigenvalue weighted by atomic mass is 9.69. The number of hydrogen-bond donors (Lipinski definition) is 1. The van der Waals surface area contributed by atoms with Gasteiger partial charge in [-0.15, -0.1) is 0 Å². The lowest BCUT2D eigenvalue weighted by Crippen LogP contribution is -2.46. The first-order valence-corrected chi connectivity index (χ1v) is 17.8. The summed E-state index contributed by atoms with van der Waals surface area (Å²) < 4.78 is 0. The maximum atomic E-state index is 12.3. The van der Waals surface area contributed by atoms with Crippen molar-refractivity contribution in [2.45, 2.75) is 214 Å². The number of carbonyl (C=O) groups is 1. The summed E-state index contributed by atoms with van der Waals surface area (Å²) in [5.41, 5.74) is -0.616. The average Bonchev–Trinajstić information content (AvgIpc) is 2.91. The van der Waals surface area contributed by atoms with Gasteiger partial charge in [0.1, 0.15) is 0 Å². The highest BCUT2D eigenvalue weighted by Gasteiger charge is 2.35. The average molecular weight is 554 g/mol. The van der Waals surface area contributed by atoms with Gasteiger partial charge in [-0.05, 0) is 25.2 Å². The molecule has 0 aliphatic heterocycles. The molecule has 2 unspecified atom stereocenters. The molecule has 0 aromatic heterocycles. The number of carboxylic acid groups (broad SMARTS) is 1. The highest BCUT2D eigenvalue weighted by molar-refractivity contribution is 5.72. The van der Waals surface area contributed by atoms with E-state index in [4.69, 9.17) is 0 Å². The second-order valence-corrected chi connectivity index (χ2v) is 12.7. The van der Waals surface area contributed by atoms with Crippen LogP contribution in [0.4, 0.5) is 0 Å². The van der Waals surface area contributed by atoms with E-state index in [1.165, 1.54) is 161 Å². The fourth-order valence-electron chi connectivity index (χ4n) is 6.42. The fraction of sp³-hybridized carbons (Fsp3) is 0.972. The predicted octanol–water partition coefficient (Wildman–Crippen LogP) is 12.1. The Morgan fingerprint density at radius 1 is 0.513 bits per heavy atom. The van der Waals surface area contributed by atoms with Gasteiger partial charge < -0.3 is 16.1 Å². The van der Waals surface area contributed by atoms with Gasteiger partial charge in [-0.1, -0.05) is 195 Å². The lowest BCUT2D eigenvalue weighted by Gasteiger charge is -2.40. The van der Waals surface area contributed by atoms with Gasteiger partial charge in [0.05, 0.1) is 0 Å². The van der Waals surface area contributed by atoms with Crippen LogP contribution in [-0.4, -0.2) is 5.97 Å². The van der Waals surface area contributed by atoms with Crippen molar-refractivity contribution in [2.24, 2.45) is 11.3 Å². The van der Waals surface area contributed by atoms with Gasteiger partial charge in [-0.25, -0.2) is 0 Å². The molecule has 0 heterocycles. The van der Waals surface area contributed by atoms with E-state index in [9.17, 15) is 9.90 Å². The first-order valence-electron chi connectivity index (χ1n) is 17.8. The zero-order valence-electron chi connectivity index (χ0n) is 27.9. The summed E-state index contributed by atoms with van der Waals surface area (Å²) in [6, 6.07) is 0. The first-order chi connectivity index (χ1) is 18.5. The zero-order chi connectivity index (χ0) is 28.2. The Morgan fingerprint density at radius 3 is 1.08 bits per heavy atom. The van der Waals surface area contributed by atoms with Crippen molar-refractivity contribution in [3.8, 4) is 0 Å². The van der Waals surface area contributed by atoms with Crippen LogP contribution >= 0.6 is 0 Å². The molecule has 0 saturated carbocycles. The molecule has 3 nitrogen and oxygen atoms in total. The maximum Gasteiger partial charge on any atom is 0.0478 e. The molecule has 0 aliphatic rings. The molecular formula is C36H75NO2. The number of quaternary nitrogens is 1. The zero-order valence-corrected chi connectivity index (χ0v) is 27.9. The highest BCUT2D eigenvalue weighted by Crippen LogP contribution is 2.39. The molecule has 0 aliphatic carbocycles. The summed E-state index contributed by atoms with van der Waals surface area (Å²) in [6.45, 7) is 8.81. The fourth-order valence-corrected chi connectivity index (χ4v) is 6.42. The summed E-state index contributed by atoms with van der Waals surface area (Å²) in [5, 5.41) is 12.3. The quantitative estimate of drug-likeness (QED) is 0.0866. The van der Waals surface area contributed by atoms with Crippen molar-refractivity contribution < 1.29 is 9.90 Å². The smallest absolute Gasteiger partial charge is 0.0478 e.